The van der Waals surface area contributed by atoms with Crippen LogP contribution in [0.4, 0.5) is 0 Å². The van der Waals surface area contributed by atoms with E-state index in [0.29, 0.717) is 24.3 Å². The summed E-state index contributed by atoms with van der Waals surface area (Å²) in [5, 5.41) is 24.0. The van der Waals surface area contributed by atoms with E-state index in [9.17, 15) is 19.8 Å². The average molecular weight is 496 g/mol. The number of aromatic nitrogens is 1. The Bertz CT molecular complexity index is 1090. The molecule has 6 rings (SSSR count). The maximum absolute atomic E-state index is 12.6. The van der Waals surface area contributed by atoms with Gasteiger partial charge in [-0.05, 0) is 98.2 Å². The summed E-state index contributed by atoms with van der Waals surface area (Å²) in [4.78, 5) is 28.4. The highest BCUT2D eigenvalue weighted by Crippen LogP contribution is 2.70. The van der Waals surface area contributed by atoms with Crippen LogP contribution in [0.5, 0.6) is 0 Å². The third-order valence-electron chi connectivity index (χ3n) is 11.2. The van der Waals surface area contributed by atoms with Crippen molar-refractivity contribution in [3.63, 3.8) is 0 Å². The zero-order valence-electron chi connectivity index (χ0n) is 21.2. The molecular weight excluding hydrogens is 458 g/mol. The minimum atomic E-state index is -0.968. The number of pyridine rings is 1. The highest BCUT2D eigenvalue weighted by molar-refractivity contribution is 5.89. The summed E-state index contributed by atoms with van der Waals surface area (Å²) in [5.41, 5.74) is -0.266. The topological polar surface area (TPSA) is 106 Å². The predicted octanol–water partition coefficient (Wildman–Crippen LogP) is 3.83. The predicted molar refractivity (Wildman–Crippen MR) is 131 cm³/mol. The molecule has 4 fully saturated rings. The van der Waals surface area contributed by atoms with Crippen molar-refractivity contribution in [2.75, 3.05) is 6.61 Å². The van der Waals surface area contributed by atoms with Gasteiger partial charge in [0.25, 0.3) is 0 Å². The third-order valence-corrected chi connectivity index (χ3v) is 11.2. The number of aliphatic hydroxyl groups is 2. The number of carbonyl (C=O) groups excluding carboxylic acids is 2. The van der Waals surface area contributed by atoms with Crippen molar-refractivity contribution >= 4 is 11.9 Å². The number of cyclic esters (lactones) is 1. The van der Waals surface area contributed by atoms with Crippen molar-refractivity contribution in [1.29, 1.82) is 0 Å². The number of hydrogen-bond acceptors (Lipinski definition) is 7. The second kappa shape index (κ2) is 8.38. The van der Waals surface area contributed by atoms with Crippen molar-refractivity contribution in [3.05, 3.63) is 41.7 Å². The van der Waals surface area contributed by atoms with Crippen LogP contribution in [-0.4, -0.2) is 51.6 Å². The first-order valence-electron chi connectivity index (χ1n) is 13.6. The highest BCUT2D eigenvalue weighted by atomic mass is 16.5. The highest BCUT2D eigenvalue weighted by Gasteiger charge is 2.70. The third kappa shape index (κ3) is 3.34. The molecule has 1 aromatic rings. The summed E-state index contributed by atoms with van der Waals surface area (Å²) < 4.78 is 11.1. The quantitative estimate of drug-likeness (QED) is 0.614. The van der Waals surface area contributed by atoms with E-state index >= 15 is 0 Å². The molecule has 36 heavy (non-hydrogen) atoms. The number of nitrogens with zero attached hydrogens (tertiary/aromatic N) is 1. The van der Waals surface area contributed by atoms with Gasteiger partial charge in [0.2, 0.25) is 0 Å². The molecule has 2 N–H and O–H groups in total. The zero-order valence-corrected chi connectivity index (χ0v) is 21.2. The molecule has 0 aromatic carbocycles. The smallest absolute Gasteiger partial charge is 0.339 e. The van der Waals surface area contributed by atoms with Gasteiger partial charge in [-0.3, -0.25) is 4.98 Å². The number of esters is 2. The summed E-state index contributed by atoms with van der Waals surface area (Å²) in [6.45, 7) is 4.65. The van der Waals surface area contributed by atoms with Gasteiger partial charge < -0.3 is 19.7 Å². The van der Waals surface area contributed by atoms with Gasteiger partial charge >= 0.3 is 11.9 Å². The van der Waals surface area contributed by atoms with E-state index in [2.05, 4.69) is 11.9 Å². The molecule has 0 radical (unpaired) electrons. The van der Waals surface area contributed by atoms with Crippen LogP contribution in [0.25, 0.3) is 0 Å². The Kier molecular flexibility index (Phi) is 5.61. The maximum atomic E-state index is 12.6. The Morgan fingerprint density at radius 2 is 1.97 bits per heavy atom. The van der Waals surface area contributed by atoms with Crippen LogP contribution in [0, 0.1) is 34.5 Å². The lowest BCUT2D eigenvalue weighted by Gasteiger charge is -2.65. The van der Waals surface area contributed by atoms with E-state index in [1.54, 1.807) is 30.6 Å². The number of aliphatic hydroxyl groups excluding tert-OH is 1. The Labute approximate surface area is 212 Å². The number of carbonyl (C=O) groups is 2. The molecule has 4 unspecified atom stereocenters. The van der Waals surface area contributed by atoms with Gasteiger partial charge in [0, 0.05) is 23.9 Å². The lowest BCUT2D eigenvalue weighted by molar-refractivity contribution is -0.244. The number of fused-ring (bicyclic) bond motifs is 5. The van der Waals surface area contributed by atoms with Crippen LogP contribution in [0.2, 0.25) is 0 Å². The molecular formula is C29H37NO6. The van der Waals surface area contributed by atoms with E-state index in [4.69, 9.17) is 9.47 Å². The summed E-state index contributed by atoms with van der Waals surface area (Å²) in [5.74, 6) is 0.0439. The van der Waals surface area contributed by atoms with E-state index in [1.165, 1.54) is 0 Å². The van der Waals surface area contributed by atoms with E-state index in [1.807, 2.05) is 6.92 Å². The average Bonchev–Trinajstić information content (AvgIpc) is 3.41. The molecule has 5 aliphatic rings. The van der Waals surface area contributed by atoms with E-state index < -0.39 is 17.1 Å². The van der Waals surface area contributed by atoms with Crippen LogP contribution < -0.4 is 0 Å². The fourth-order valence-electron chi connectivity index (χ4n) is 9.16. The first kappa shape index (κ1) is 24.1. The maximum Gasteiger partial charge on any atom is 0.339 e. The van der Waals surface area contributed by atoms with E-state index in [-0.39, 0.29) is 47.8 Å². The summed E-state index contributed by atoms with van der Waals surface area (Å²) in [6.07, 6.45) is 10.5. The molecule has 0 amide bonds. The number of rotatable bonds is 3. The Balaban J connectivity index is 1.21. The minimum absolute atomic E-state index is 0.0119. The van der Waals surface area contributed by atoms with Crippen molar-refractivity contribution in [2.45, 2.75) is 83.0 Å². The molecule has 7 heteroatoms. The zero-order chi connectivity index (χ0) is 25.3. The summed E-state index contributed by atoms with van der Waals surface area (Å²) >= 11 is 0. The molecule has 0 bridgehead atoms. The van der Waals surface area contributed by atoms with Crippen LogP contribution in [-0.2, 0) is 14.3 Å². The molecule has 1 aromatic heterocycles. The van der Waals surface area contributed by atoms with Gasteiger partial charge in [0.05, 0.1) is 17.3 Å². The van der Waals surface area contributed by atoms with Crippen LogP contribution >= 0.6 is 0 Å². The minimum Gasteiger partial charge on any atom is -0.459 e. The van der Waals surface area contributed by atoms with Gasteiger partial charge in [0.1, 0.15) is 12.7 Å². The molecule has 7 nitrogen and oxygen atoms in total. The van der Waals surface area contributed by atoms with Crippen molar-refractivity contribution < 1.29 is 29.3 Å². The molecule has 9 atom stereocenters. The lowest BCUT2D eigenvalue weighted by Crippen LogP contribution is -2.67. The Morgan fingerprint density at radius 3 is 2.69 bits per heavy atom. The van der Waals surface area contributed by atoms with Crippen molar-refractivity contribution in [2.24, 2.45) is 34.5 Å². The van der Waals surface area contributed by atoms with Crippen LogP contribution in [0.1, 0.15) is 75.6 Å². The van der Waals surface area contributed by atoms with Gasteiger partial charge in [-0.1, -0.05) is 13.8 Å². The molecule has 4 saturated carbocycles. The Morgan fingerprint density at radius 1 is 1.14 bits per heavy atom. The number of hydrogen-bond donors (Lipinski definition) is 2. The SMILES string of the molecule is C[C@]12CCC(OC(=O)c3cccnc3)C[C@@H]1CCC1C2CC(O)[C@]2(C)[C@H](C3=CC(=O)OC3)CC[C@@]12O. The summed E-state index contributed by atoms with van der Waals surface area (Å²) in [6, 6.07) is 3.47. The fourth-order valence-corrected chi connectivity index (χ4v) is 9.16. The fraction of sp³-hybridized carbons (Fsp3) is 0.690. The monoisotopic (exact) mass is 495 g/mol. The largest absolute Gasteiger partial charge is 0.459 e. The molecule has 2 heterocycles. The van der Waals surface area contributed by atoms with Gasteiger partial charge in [-0.15, -0.1) is 0 Å². The molecule has 194 valence electrons. The van der Waals surface area contributed by atoms with Crippen LogP contribution in [0.15, 0.2) is 36.2 Å². The lowest BCUT2D eigenvalue weighted by atomic mass is 9.42. The van der Waals surface area contributed by atoms with Crippen LogP contribution in [0.3, 0.4) is 0 Å². The first-order valence-corrected chi connectivity index (χ1v) is 13.6. The standard InChI is InChI=1S/C29H37NO6/c1-27-9-7-20(36-26(33)17-4-3-11-30-15-17)13-19(27)5-6-22-23(27)14-24(31)28(2)21(8-10-29(22,28)34)18-12-25(32)35-16-18/h3-4,11-12,15,19-24,31,34H,5-10,13-14,16H2,1-2H3/t19-,20?,21-,22?,23?,24?,27-,28-,29+/m0/s1. The molecule has 0 saturated heterocycles. The first-order chi connectivity index (χ1) is 17.2. The van der Waals surface area contributed by atoms with Gasteiger partial charge in [-0.25, -0.2) is 9.59 Å². The normalized spacial score (nSPS) is 45.7. The molecule has 0 spiro atoms. The van der Waals surface area contributed by atoms with Crippen molar-refractivity contribution in [3.8, 4) is 0 Å². The van der Waals surface area contributed by atoms with Gasteiger partial charge in [-0.2, -0.15) is 0 Å². The summed E-state index contributed by atoms with van der Waals surface area (Å²) in [7, 11) is 0. The molecule has 4 aliphatic carbocycles. The second-order valence-corrected chi connectivity index (χ2v) is 12.4. The molecule has 1 aliphatic heterocycles. The number of ether oxygens (including phenoxy) is 2. The Hall–Kier alpha value is -2.25. The second-order valence-electron chi connectivity index (χ2n) is 12.4. The van der Waals surface area contributed by atoms with E-state index in [0.717, 1.165) is 44.1 Å². The van der Waals surface area contributed by atoms with Crippen molar-refractivity contribution in [1.82, 2.24) is 4.98 Å². The van der Waals surface area contributed by atoms with Gasteiger partial charge in [0.15, 0.2) is 0 Å².